The lowest BCUT2D eigenvalue weighted by molar-refractivity contribution is -0.168. The highest BCUT2D eigenvalue weighted by atomic mass is 35.5. The molecule has 0 spiro atoms. The molecule has 37 heavy (non-hydrogen) atoms. The number of fused-ring (bicyclic) bond motifs is 1. The molecule has 0 aliphatic carbocycles. The number of carbonyl (C=O) groups excluding carboxylic acids is 2. The smallest absolute Gasteiger partial charge is 0.323 e. The van der Waals surface area contributed by atoms with Gasteiger partial charge in [0.25, 0.3) is 0 Å². The number of nitrogen functional groups attached to an aromatic ring is 1. The first-order valence-corrected chi connectivity index (χ1v) is 11.5. The Kier molecular flexibility index (Phi) is 11.3. The SMILES string of the molecule is CC(C)C(N)C(=O)OC[C@H]1O[C@@H](n2cnc3c(Cl)nc(N)nc32)[C@](C)(O)[C@@H]1OC(=O)C(N)C(C)C.[Cl-].[Cl-]. The van der Waals surface area contributed by atoms with Crippen molar-refractivity contribution in [1.82, 2.24) is 19.5 Å². The van der Waals surface area contributed by atoms with Crippen LogP contribution in [0.4, 0.5) is 5.95 Å². The van der Waals surface area contributed by atoms with Crippen LogP contribution < -0.4 is 42.0 Å². The summed E-state index contributed by atoms with van der Waals surface area (Å²) in [5, 5.41) is 11.5. The summed E-state index contributed by atoms with van der Waals surface area (Å²) in [4.78, 5) is 37.2. The molecule has 13 nitrogen and oxygen atoms in total. The molecule has 2 unspecified atom stereocenters. The predicted octanol–water partition coefficient (Wildman–Crippen LogP) is -5.86. The summed E-state index contributed by atoms with van der Waals surface area (Å²) in [6.07, 6.45) is -2.16. The average molecular weight is 585 g/mol. The summed E-state index contributed by atoms with van der Waals surface area (Å²) in [6.45, 7) is 8.15. The van der Waals surface area contributed by atoms with E-state index in [2.05, 4.69) is 15.0 Å². The van der Waals surface area contributed by atoms with Gasteiger partial charge in [-0.1, -0.05) is 39.3 Å². The van der Waals surface area contributed by atoms with Crippen LogP contribution in [0.5, 0.6) is 0 Å². The van der Waals surface area contributed by atoms with Crippen LogP contribution in [0.3, 0.4) is 0 Å². The van der Waals surface area contributed by atoms with E-state index in [-0.39, 0.29) is 65.5 Å². The number of halogens is 3. The molecule has 1 saturated heterocycles. The summed E-state index contributed by atoms with van der Waals surface area (Å²) < 4.78 is 18.4. The van der Waals surface area contributed by atoms with Crippen LogP contribution in [0.15, 0.2) is 6.33 Å². The molecular formula is C21H32Cl3N7O6-2. The van der Waals surface area contributed by atoms with Gasteiger partial charge in [-0.05, 0) is 18.8 Å². The molecular weight excluding hydrogens is 553 g/mol. The zero-order valence-electron chi connectivity index (χ0n) is 21.0. The largest absolute Gasteiger partial charge is 1.00 e. The van der Waals surface area contributed by atoms with Gasteiger partial charge >= 0.3 is 11.9 Å². The lowest BCUT2D eigenvalue weighted by atomic mass is 9.95. The first-order chi connectivity index (χ1) is 16.2. The monoisotopic (exact) mass is 583 g/mol. The number of anilines is 1. The van der Waals surface area contributed by atoms with E-state index >= 15 is 0 Å². The van der Waals surface area contributed by atoms with Gasteiger partial charge in [0.2, 0.25) is 5.95 Å². The topological polar surface area (TPSA) is 204 Å². The van der Waals surface area contributed by atoms with Crippen LogP contribution >= 0.6 is 11.6 Å². The first kappa shape index (κ1) is 33.0. The van der Waals surface area contributed by atoms with Gasteiger partial charge in [0.15, 0.2) is 23.1 Å². The van der Waals surface area contributed by atoms with Crippen LogP contribution in [-0.2, 0) is 23.8 Å². The third kappa shape index (κ3) is 6.72. The minimum Gasteiger partial charge on any atom is -1.00 e. The maximum absolute atomic E-state index is 12.7. The maximum atomic E-state index is 12.7. The maximum Gasteiger partial charge on any atom is 0.323 e. The number of nitrogens with two attached hydrogens (primary N) is 3. The van der Waals surface area contributed by atoms with Crippen molar-refractivity contribution in [1.29, 1.82) is 0 Å². The molecule has 7 N–H and O–H groups in total. The summed E-state index contributed by atoms with van der Waals surface area (Å²) in [6, 6.07) is -1.80. The summed E-state index contributed by atoms with van der Waals surface area (Å²) in [5.74, 6) is -1.88. The summed E-state index contributed by atoms with van der Waals surface area (Å²) in [5.41, 5.74) is 16.1. The molecule has 3 rings (SSSR count). The van der Waals surface area contributed by atoms with Gasteiger partial charge in [0.1, 0.15) is 35.9 Å². The van der Waals surface area contributed by atoms with Crippen molar-refractivity contribution in [2.45, 2.75) is 70.7 Å². The van der Waals surface area contributed by atoms with Crippen molar-refractivity contribution in [3.05, 3.63) is 11.5 Å². The first-order valence-electron chi connectivity index (χ1n) is 11.2. The van der Waals surface area contributed by atoms with Gasteiger partial charge in [0, 0.05) is 0 Å². The molecule has 0 bridgehead atoms. The Morgan fingerprint density at radius 1 is 1.16 bits per heavy atom. The Labute approximate surface area is 231 Å². The van der Waals surface area contributed by atoms with E-state index in [1.807, 2.05) is 0 Å². The van der Waals surface area contributed by atoms with Gasteiger partial charge < -0.3 is 61.3 Å². The van der Waals surface area contributed by atoms with Crippen molar-refractivity contribution >= 4 is 40.7 Å². The standard InChI is InChI=1S/C21H32ClN7O6.2ClH/c1-8(2)11(23)17(30)33-6-10-14(35-18(31)12(24)9(3)4)21(5,32)19(34-10)29-7-26-13-15(22)27-20(25)28-16(13)29;;/h7-12,14,19,32H,6,23-24H2,1-5H3,(H2,25,27,28);2*1H/p-2/t10-,11?,12?,14-,19-,21-;;/m1../s1. The molecule has 16 heteroatoms. The lowest BCUT2D eigenvalue weighted by Gasteiger charge is -2.31. The van der Waals surface area contributed by atoms with E-state index in [1.165, 1.54) is 17.8 Å². The number of carbonyl (C=O) groups is 2. The van der Waals surface area contributed by atoms with Crippen LogP contribution in [0.25, 0.3) is 11.2 Å². The second-order valence-corrected chi connectivity index (χ2v) is 9.83. The number of aliphatic hydroxyl groups is 1. The fourth-order valence-electron chi connectivity index (χ4n) is 3.64. The Balaban J connectivity index is 0.00000342. The zero-order valence-corrected chi connectivity index (χ0v) is 23.2. The molecule has 210 valence electrons. The molecule has 1 aliphatic heterocycles. The van der Waals surface area contributed by atoms with E-state index in [4.69, 9.17) is 43.0 Å². The zero-order chi connectivity index (χ0) is 26.2. The molecule has 0 amide bonds. The summed E-state index contributed by atoms with van der Waals surface area (Å²) in [7, 11) is 0. The molecule has 1 aliphatic rings. The predicted molar refractivity (Wildman–Crippen MR) is 126 cm³/mol. The van der Waals surface area contributed by atoms with Gasteiger partial charge in [-0.15, -0.1) is 0 Å². The van der Waals surface area contributed by atoms with Crippen LogP contribution in [-0.4, -0.2) is 73.1 Å². The van der Waals surface area contributed by atoms with E-state index in [9.17, 15) is 14.7 Å². The molecule has 0 aromatic carbocycles. The molecule has 6 atom stereocenters. The second kappa shape index (κ2) is 12.7. The summed E-state index contributed by atoms with van der Waals surface area (Å²) >= 11 is 6.12. The van der Waals surface area contributed by atoms with Crippen molar-refractivity contribution in [2.75, 3.05) is 12.3 Å². The number of nitrogens with zero attached hydrogens (tertiary/aromatic N) is 4. The van der Waals surface area contributed by atoms with E-state index in [0.717, 1.165) is 0 Å². The number of hydrogen-bond acceptors (Lipinski definition) is 12. The number of hydrogen-bond donors (Lipinski definition) is 4. The van der Waals surface area contributed by atoms with E-state index in [0.29, 0.717) is 0 Å². The fourth-order valence-corrected chi connectivity index (χ4v) is 3.86. The van der Waals surface area contributed by atoms with E-state index in [1.54, 1.807) is 27.7 Å². The second-order valence-electron chi connectivity index (χ2n) is 9.48. The minimum atomic E-state index is -1.83. The third-order valence-electron chi connectivity index (χ3n) is 5.98. The third-order valence-corrected chi connectivity index (χ3v) is 6.24. The van der Waals surface area contributed by atoms with E-state index < -0.39 is 48.1 Å². The Hall–Kier alpha value is -2.00. The molecule has 0 radical (unpaired) electrons. The highest BCUT2D eigenvalue weighted by Gasteiger charge is 2.57. The Bertz CT molecular complexity index is 1100. The van der Waals surface area contributed by atoms with Gasteiger partial charge in [0.05, 0.1) is 6.33 Å². The number of aromatic nitrogens is 4. The number of rotatable bonds is 8. The average Bonchev–Trinajstić information content (AvgIpc) is 3.29. The number of ether oxygens (including phenoxy) is 3. The normalized spacial score (nSPS) is 24.9. The quantitative estimate of drug-likeness (QED) is 0.169. The number of imidazole rings is 1. The minimum absolute atomic E-state index is 0. The number of esters is 2. The Morgan fingerprint density at radius 2 is 1.73 bits per heavy atom. The highest BCUT2D eigenvalue weighted by molar-refractivity contribution is 6.33. The molecule has 2 aromatic heterocycles. The van der Waals surface area contributed by atoms with Crippen LogP contribution in [0, 0.1) is 11.8 Å². The van der Waals surface area contributed by atoms with Crippen molar-refractivity contribution in [3.8, 4) is 0 Å². The lowest BCUT2D eigenvalue weighted by Crippen LogP contribution is -3.00. The van der Waals surface area contributed by atoms with Crippen LogP contribution in [0.1, 0.15) is 40.8 Å². The molecule has 1 fully saturated rings. The van der Waals surface area contributed by atoms with Gasteiger partial charge in [-0.3, -0.25) is 14.2 Å². The van der Waals surface area contributed by atoms with Gasteiger partial charge in [-0.2, -0.15) is 9.97 Å². The van der Waals surface area contributed by atoms with Crippen LogP contribution in [0.2, 0.25) is 5.15 Å². The van der Waals surface area contributed by atoms with Crippen molar-refractivity contribution in [3.63, 3.8) is 0 Å². The van der Waals surface area contributed by atoms with Crippen molar-refractivity contribution in [2.24, 2.45) is 23.3 Å². The molecule has 2 aromatic rings. The molecule has 0 saturated carbocycles. The highest BCUT2D eigenvalue weighted by Crippen LogP contribution is 2.42. The van der Waals surface area contributed by atoms with Crippen molar-refractivity contribution < 1.29 is 53.7 Å². The Morgan fingerprint density at radius 3 is 2.30 bits per heavy atom. The van der Waals surface area contributed by atoms with Gasteiger partial charge in [-0.25, -0.2) is 4.98 Å². The molecule has 3 heterocycles. The fraction of sp³-hybridized carbons (Fsp3) is 0.667.